The molecular formula is C18H18F3NO3. The van der Waals surface area contributed by atoms with Crippen molar-refractivity contribution in [1.29, 1.82) is 5.26 Å². The number of halogens is 3. The van der Waals surface area contributed by atoms with Crippen molar-refractivity contribution in [2.45, 2.75) is 45.7 Å². The third-order valence-corrected chi connectivity index (χ3v) is 3.74. The van der Waals surface area contributed by atoms with Crippen molar-refractivity contribution >= 4 is 16.9 Å². The van der Waals surface area contributed by atoms with Crippen molar-refractivity contribution in [2.75, 3.05) is 6.61 Å². The lowest BCUT2D eigenvalue weighted by Crippen LogP contribution is -2.06. The lowest BCUT2D eigenvalue weighted by Gasteiger charge is -2.09. The first kappa shape index (κ1) is 18.8. The van der Waals surface area contributed by atoms with Crippen LogP contribution in [0, 0.1) is 11.3 Å². The fourth-order valence-corrected chi connectivity index (χ4v) is 2.54. The third-order valence-electron chi connectivity index (χ3n) is 3.74. The zero-order valence-corrected chi connectivity index (χ0v) is 14.2. The topological polar surface area (TPSA) is 63.2 Å². The molecule has 0 atom stereocenters. The second kappa shape index (κ2) is 7.18. The first-order valence-corrected chi connectivity index (χ1v) is 8.11. The third kappa shape index (κ3) is 3.63. The molecule has 0 unspecified atom stereocenters. The van der Waals surface area contributed by atoms with Gasteiger partial charge in [-0.3, -0.25) is 0 Å². The summed E-state index contributed by atoms with van der Waals surface area (Å²) in [4.78, 5) is 11.8. The van der Waals surface area contributed by atoms with Gasteiger partial charge in [-0.25, -0.2) is 4.79 Å². The summed E-state index contributed by atoms with van der Waals surface area (Å²) in [5.41, 5.74) is -1.17. The van der Waals surface area contributed by atoms with Crippen molar-refractivity contribution in [3.8, 4) is 6.07 Å². The van der Waals surface area contributed by atoms with E-state index in [1.807, 2.05) is 13.8 Å². The Hall–Kier alpha value is -2.49. The standard InChI is InChI=1S/C16H12F3NO3.C2H6/c1-2-22-15(21)14-11(7-20)10-5-9(8-3-4-8)6-12(13(10)23-14)16(17,18)19;1-2/h5-6,8H,2-4H2,1H3;1-2H3. The summed E-state index contributed by atoms with van der Waals surface area (Å²) in [6.45, 7) is 5.58. The summed E-state index contributed by atoms with van der Waals surface area (Å²) >= 11 is 0. The van der Waals surface area contributed by atoms with Gasteiger partial charge in [0.25, 0.3) is 0 Å². The number of nitriles is 1. The van der Waals surface area contributed by atoms with Gasteiger partial charge in [0, 0.05) is 5.39 Å². The number of benzene rings is 1. The number of hydrogen-bond acceptors (Lipinski definition) is 4. The summed E-state index contributed by atoms with van der Waals surface area (Å²) < 4.78 is 49.8. The summed E-state index contributed by atoms with van der Waals surface area (Å²) in [5, 5.41) is 9.27. The molecule has 3 rings (SSSR count). The van der Waals surface area contributed by atoms with Crippen LogP contribution in [-0.4, -0.2) is 12.6 Å². The maximum Gasteiger partial charge on any atom is 0.420 e. The molecule has 1 aliphatic carbocycles. The quantitative estimate of drug-likeness (QED) is 0.693. The molecule has 2 aromatic rings. The number of hydrogen-bond donors (Lipinski definition) is 0. The van der Waals surface area contributed by atoms with Crippen LogP contribution in [-0.2, 0) is 10.9 Å². The van der Waals surface area contributed by atoms with Gasteiger partial charge in [0.05, 0.1) is 12.2 Å². The van der Waals surface area contributed by atoms with E-state index in [1.54, 1.807) is 13.0 Å². The molecule has 0 amide bonds. The molecule has 1 aliphatic rings. The number of furan rings is 1. The van der Waals surface area contributed by atoms with Crippen LogP contribution in [0.5, 0.6) is 0 Å². The summed E-state index contributed by atoms with van der Waals surface area (Å²) in [5.74, 6) is -1.36. The number of nitrogens with zero attached hydrogens (tertiary/aromatic N) is 1. The highest BCUT2D eigenvalue weighted by molar-refractivity contribution is 5.99. The van der Waals surface area contributed by atoms with Gasteiger partial charge in [0.15, 0.2) is 0 Å². The Kier molecular flexibility index (Phi) is 5.41. The molecule has 1 heterocycles. The summed E-state index contributed by atoms with van der Waals surface area (Å²) in [6, 6.07) is 4.31. The van der Waals surface area contributed by atoms with Crippen molar-refractivity contribution in [1.82, 2.24) is 0 Å². The average molecular weight is 353 g/mol. The largest absolute Gasteiger partial charge is 0.460 e. The van der Waals surface area contributed by atoms with E-state index in [2.05, 4.69) is 0 Å². The van der Waals surface area contributed by atoms with Crippen LogP contribution in [0.3, 0.4) is 0 Å². The first-order chi connectivity index (χ1) is 11.9. The molecule has 0 saturated heterocycles. The Labute approximate surface area is 143 Å². The van der Waals surface area contributed by atoms with E-state index in [4.69, 9.17) is 9.15 Å². The molecule has 0 bridgehead atoms. The highest BCUT2D eigenvalue weighted by Crippen LogP contribution is 2.45. The Balaban J connectivity index is 0.00000109. The fraction of sp³-hybridized carbons (Fsp3) is 0.444. The molecular weight excluding hydrogens is 335 g/mol. The average Bonchev–Trinajstić information content (AvgIpc) is 3.35. The summed E-state index contributed by atoms with van der Waals surface area (Å²) in [7, 11) is 0. The van der Waals surface area contributed by atoms with E-state index in [1.165, 1.54) is 6.07 Å². The van der Waals surface area contributed by atoms with Crippen LogP contribution in [0.4, 0.5) is 13.2 Å². The highest BCUT2D eigenvalue weighted by Gasteiger charge is 2.38. The SMILES string of the molecule is CC.CCOC(=O)c1oc2c(C(F)(F)F)cc(C3CC3)cc2c1C#N. The maximum absolute atomic E-state index is 13.3. The number of rotatable bonds is 3. The van der Waals surface area contributed by atoms with E-state index in [0.717, 1.165) is 18.9 Å². The van der Waals surface area contributed by atoms with Gasteiger partial charge in [0.2, 0.25) is 5.76 Å². The molecule has 7 heteroatoms. The van der Waals surface area contributed by atoms with Crippen LogP contribution in [0.2, 0.25) is 0 Å². The zero-order chi connectivity index (χ0) is 18.8. The second-order valence-electron chi connectivity index (χ2n) is 5.36. The zero-order valence-electron chi connectivity index (χ0n) is 14.2. The fourth-order valence-electron chi connectivity index (χ4n) is 2.54. The molecule has 0 N–H and O–H groups in total. The van der Waals surface area contributed by atoms with E-state index in [9.17, 15) is 23.2 Å². The minimum absolute atomic E-state index is 0.00674. The molecule has 1 saturated carbocycles. The second-order valence-corrected chi connectivity index (χ2v) is 5.36. The number of ether oxygens (including phenoxy) is 1. The van der Waals surface area contributed by atoms with E-state index in [-0.39, 0.29) is 23.5 Å². The number of fused-ring (bicyclic) bond motifs is 1. The Bertz CT molecular complexity index is 827. The normalized spacial score (nSPS) is 13.8. The van der Waals surface area contributed by atoms with E-state index in [0.29, 0.717) is 5.56 Å². The van der Waals surface area contributed by atoms with Crippen LogP contribution in [0.25, 0.3) is 11.0 Å². The Morgan fingerprint density at radius 3 is 2.48 bits per heavy atom. The Morgan fingerprint density at radius 1 is 1.36 bits per heavy atom. The van der Waals surface area contributed by atoms with Gasteiger partial charge in [-0.2, -0.15) is 18.4 Å². The molecule has 1 aromatic heterocycles. The van der Waals surface area contributed by atoms with Gasteiger partial charge in [-0.05, 0) is 43.4 Å². The van der Waals surface area contributed by atoms with Crippen LogP contribution < -0.4 is 0 Å². The lowest BCUT2D eigenvalue weighted by molar-refractivity contribution is -0.136. The minimum atomic E-state index is -4.64. The van der Waals surface area contributed by atoms with Gasteiger partial charge >= 0.3 is 12.1 Å². The molecule has 1 fully saturated rings. The number of alkyl halides is 3. The van der Waals surface area contributed by atoms with Crippen LogP contribution in [0.15, 0.2) is 16.5 Å². The summed E-state index contributed by atoms with van der Waals surface area (Å²) in [6.07, 6.45) is -3.01. The molecule has 1 aromatic carbocycles. The maximum atomic E-state index is 13.3. The van der Waals surface area contributed by atoms with Gasteiger partial charge in [-0.15, -0.1) is 0 Å². The van der Waals surface area contributed by atoms with Gasteiger partial charge in [-0.1, -0.05) is 13.8 Å². The smallest absolute Gasteiger partial charge is 0.420 e. The molecule has 25 heavy (non-hydrogen) atoms. The van der Waals surface area contributed by atoms with Gasteiger partial charge in [0.1, 0.15) is 17.2 Å². The van der Waals surface area contributed by atoms with E-state index < -0.39 is 29.1 Å². The van der Waals surface area contributed by atoms with Crippen molar-refractivity contribution in [2.24, 2.45) is 0 Å². The number of carbonyl (C=O) groups is 1. The predicted molar refractivity (Wildman–Crippen MR) is 85.2 cm³/mol. The monoisotopic (exact) mass is 353 g/mol. The van der Waals surface area contributed by atoms with Gasteiger partial charge < -0.3 is 9.15 Å². The first-order valence-electron chi connectivity index (χ1n) is 8.11. The number of esters is 1. The molecule has 134 valence electrons. The predicted octanol–water partition coefficient (Wildman–Crippen LogP) is 5.40. The van der Waals surface area contributed by atoms with E-state index >= 15 is 0 Å². The Morgan fingerprint density at radius 2 is 2.00 bits per heavy atom. The molecule has 0 aliphatic heterocycles. The van der Waals surface area contributed by atoms with Crippen molar-refractivity contribution < 1.29 is 27.1 Å². The highest BCUT2D eigenvalue weighted by atomic mass is 19.4. The molecule has 0 spiro atoms. The number of carbonyl (C=O) groups excluding carboxylic acids is 1. The van der Waals surface area contributed by atoms with Crippen molar-refractivity contribution in [3.63, 3.8) is 0 Å². The molecule has 0 radical (unpaired) electrons. The molecule has 4 nitrogen and oxygen atoms in total. The minimum Gasteiger partial charge on any atom is -0.460 e. The van der Waals surface area contributed by atoms with Crippen molar-refractivity contribution in [3.05, 3.63) is 34.6 Å². The van der Waals surface area contributed by atoms with Crippen LogP contribution in [0.1, 0.15) is 66.8 Å². The van der Waals surface area contributed by atoms with Crippen LogP contribution >= 0.6 is 0 Å². The lowest BCUT2D eigenvalue weighted by atomic mass is 10.0.